The van der Waals surface area contributed by atoms with E-state index in [0.29, 0.717) is 24.8 Å². The molecule has 0 saturated heterocycles. The van der Waals surface area contributed by atoms with Crippen LogP contribution in [0.4, 0.5) is 0 Å². The monoisotopic (exact) mass is 346 g/mol. The summed E-state index contributed by atoms with van der Waals surface area (Å²) in [4.78, 5) is 24.3. The minimum Gasteiger partial charge on any atom is -0.481 e. The van der Waals surface area contributed by atoms with Crippen LogP contribution in [-0.4, -0.2) is 44.1 Å². The van der Waals surface area contributed by atoms with Crippen molar-refractivity contribution in [3.05, 3.63) is 35.5 Å². The van der Waals surface area contributed by atoms with Gasteiger partial charge in [0.2, 0.25) is 0 Å². The molecule has 134 valence electrons. The van der Waals surface area contributed by atoms with Crippen molar-refractivity contribution in [3.63, 3.8) is 0 Å². The fourth-order valence-electron chi connectivity index (χ4n) is 5.93. The van der Waals surface area contributed by atoms with Crippen LogP contribution in [0, 0.1) is 22.7 Å². The summed E-state index contributed by atoms with van der Waals surface area (Å²) in [6, 6.07) is 0. The molecule has 4 aliphatic rings. The molecular formula is C19H22O6. The van der Waals surface area contributed by atoms with Gasteiger partial charge in [0, 0.05) is 11.3 Å². The van der Waals surface area contributed by atoms with Crippen molar-refractivity contribution in [3.8, 4) is 0 Å². The van der Waals surface area contributed by atoms with E-state index in [9.17, 15) is 30.0 Å². The molecule has 0 heterocycles. The molecule has 2 bridgehead atoms. The maximum absolute atomic E-state index is 12.3. The third kappa shape index (κ3) is 1.71. The molecule has 6 nitrogen and oxygen atoms in total. The Labute approximate surface area is 145 Å². The summed E-state index contributed by atoms with van der Waals surface area (Å²) in [5.41, 5.74) is -1.21. The van der Waals surface area contributed by atoms with Gasteiger partial charge < -0.3 is 20.4 Å². The number of hydrogen-bond acceptors (Lipinski definition) is 4. The Balaban J connectivity index is 1.98. The topological polar surface area (TPSA) is 115 Å². The minimum absolute atomic E-state index is 0.269. The number of hydrogen-bond donors (Lipinski definition) is 4. The highest BCUT2D eigenvalue weighted by atomic mass is 16.4. The number of rotatable bonds is 2. The van der Waals surface area contributed by atoms with Gasteiger partial charge in [0.25, 0.3) is 0 Å². The van der Waals surface area contributed by atoms with Gasteiger partial charge in [-0.25, -0.2) is 0 Å². The first-order valence-electron chi connectivity index (χ1n) is 8.54. The largest absolute Gasteiger partial charge is 0.481 e. The van der Waals surface area contributed by atoms with Gasteiger partial charge in [-0.15, -0.1) is 0 Å². The summed E-state index contributed by atoms with van der Waals surface area (Å²) in [7, 11) is 0. The molecule has 4 N–H and O–H groups in total. The number of aliphatic hydroxyl groups is 2. The fourth-order valence-corrected chi connectivity index (χ4v) is 5.93. The summed E-state index contributed by atoms with van der Waals surface area (Å²) in [6.07, 6.45) is 3.52. The third-order valence-corrected chi connectivity index (χ3v) is 7.24. The standard InChI is InChI=1S/C19H22O6/c1-9-7-18-8-19(9,25)6-5-11(18)10-3-4-12(20)17(2,16(23)24)13(10)14(18)15(21)22/h3-4,12-14,20,25H,1,5-8H2,2H3,(H,21,22)(H,23,24)/t12-,13-,14+,17+,18-,19-/m0/s1. The zero-order valence-corrected chi connectivity index (χ0v) is 14.0. The van der Waals surface area contributed by atoms with Gasteiger partial charge in [-0.3, -0.25) is 9.59 Å². The van der Waals surface area contributed by atoms with E-state index in [4.69, 9.17) is 0 Å². The van der Waals surface area contributed by atoms with Crippen LogP contribution < -0.4 is 0 Å². The molecule has 4 aliphatic carbocycles. The van der Waals surface area contributed by atoms with E-state index in [2.05, 4.69) is 6.58 Å². The zero-order valence-electron chi connectivity index (χ0n) is 14.0. The van der Waals surface area contributed by atoms with E-state index < -0.39 is 46.3 Å². The quantitative estimate of drug-likeness (QED) is 0.563. The first-order chi connectivity index (χ1) is 11.6. The summed E-state index contributed by atoms with van der Waals surface area (Å²) >= 11 is 0. The van der Waals surface area contributed by atoms with E-state index in [0.717, 1.165) is 11.1 Å². The Morgan fingerprint density at radius 3 is 2.60 bits per heavy atom. The Kier molecular flexibility index (Phi) is 3.06. The average Bonchev–Trinajstić information content (AvgIpc) is 2.90. The molecule has 25 heavy (non-hydrogen) atoms. The highest BCUT2D eigenvalue weighted by Gasteiger charge is 2.70. The predicted molar refractivity (Wildman–Crippen MR) is 87.5 cm³/mol. The predicted octanol–water partition coefficient (Wildman–Crippen LogP) is 1.50. The first-order valence-corrected chi connectivity index (χ1v) is 8.54. The number of aliphatic carboxylic acids is 2. The van der Waals surface area contributed by atoms with Gasteiger partial charge in [0.05, 0.1) is 17.6 Å². The Hall–Kier alpha value is -1.92. The second kappa shape index (κ2) is 4.62. The highest BCUT2D eigenvalue weighted by Crippen LogP contribution is 2.71. The van der Waals surface area contributed by atoms with Gasteiger partial charge >= 0.3 is 11.9 Å². The van der Waals surface area contributed by atoms with Crippen LogP contribution in [0.15, 0.2) is 35.5 Å². The molecule has 0 radical (unpaired) electrons. The van der Waals surface area contributed by atoms with Gasteiger partial charge in [-0.05, 0) is 43.8 Å². The van der Waals surface area contributed by atoms with Gasteiger partial charge in [-0.1, -0.05) is 24.3 Å². The molecule has 2 fully saturated rings. The molecule has 6 atom stereocenters. The smallest absolute Gasteiger partial charge is 0.312 e. The van der Waals surface area contributed by atoms with E-state index in [1.165, 1.54) is 13.0 Å². The van der Waals surface area contributed by atoms with E-state index in [1.807, 2.05) is 0 Å². The SMILES string of the molecule is C=C1C[C@]23C[C@@]1(O)CCC2=C1C=C[C@H](O)[C@@](C)(C(=O)O)[C@@H]1[C@@H]3C(=O)O. The van der Waals surface area contributed by atoms with E-state index in [1.54, 1.807) is 6.08 Å². The van der Waals surface area contributed by atoms with Crippen LogP contribution in [0.5, 0.6) is 0 Å². The normalized spacial score (nSPS) is 47.6. The number of fused-ring (bicyclic) bond motifs is 2. The van der Waals surface area contributed by atoms with Crippen molar-refractivity contribution in [2.75, 3.05) is 0 Å². The number of allylic oxidation sites excluding steroid dienone is 3. The van der Waals surface area contributed by atoms with E-state index in [-0.39, 0.29) is 6.42 Å². The first kappa shape index (κ1) is 16.5. The molecule has 0 aromatic heterocycles. The van der Waals surface area contributed by atoms with Gasteiger partial charge in [-0.2, -0.15) is 0 Å². The zero-order chi connectivity index (χ0) is 18.4. The molecule has 0 aromatic carbocycles. The summed E-state index contributed by atoms with van der Waals surface area (Å²) < 4.78 is 0. The van der Waals surface area contributed by atoms with Crippen LogP contribution in [0.25, 0.3) is 0 Å². The lowest BCUT2D eigenvalue weighted by molar-refractivity contribution is -0.164. The Morgan fingerprint density at radius 1 is 1.32 bits per heavy atom. The Bertz CT molecular complexity index is 779. The minimum atomic E-state index is -1.62. The molecule has 0 aliphatic heterocycles. The van der Waals surface area contributed by atoms with Crippen LogP contribution in [-0.2, 0) is 9.59 Å². The Morgan fingerprint density at radius 2 is 2.00 bits per heavy atom. The van der Waals surface area contributed by atoms with Gasteiger partial charge in [0.1, 0.15) is 5.41 Å². The summed E-state index contributed by atoms with van der Waals surface area (Å²) in [6.45, 7) is 5.40. The van der Waals surface area contributed by atoms with Gasteiger partial charge in [0.15, 0.2) is 0 Å². The molecular weight excluding hydrogens is 324 g/mol. The lowest BCUT2D eigenvalue weighted by Crippen LogP contribution is -2.52. The van der Waals surface area contributed by atoms with Crippen LogP contribution in [0.3, 0.4) is 0 Å². The molecule has 2 saturated carbocycles. The number of aliphatic hydroxyl groups excluding tert-OH is 1. The average molecular weight is 346 g/mol. The molecule has 0 amide bonds. The molecule has 4 rings (SSSR count). The van der Waals surface area contributed by atoms with Crippen molar-refractivity contribution < 1.29 is 30.0 Å². The van der Waals surface area contributed by atoms with Crippen LogP contribution >= 0.6 is 0 Å². The van der Waals surface area contributed by atoms with Crippen LogP contribution in [0.2, 0.25) is 0 Å². The lowest BCUT2D eigenvalue weighted by Gasteiger charge is -2.43. The number of carboxylic acids is 2. The van der Waals surface area contributed by atoms with E-state index >= 15 is 0 Å². The van der Waals surface area contributed by atoms with Crippen LogP contribution in [0.1, 0.15) is 32.6 Å². The summed E-state index contributed by atoms with van der Waals surface area (Å²) in [5, 5.41) is 41.1. The lowest BCUT2D eigenvalue weighted by atomic mass is 9.59. The van der Waals surface area contributed by atoms with Crippen molar-refractivity contribution in [2.24, 2.45) is 22.7 Å². The molecule has 0 aromatic rings. The maximum Gasteiger partial charge on any atom is 0.312 e. The summed E-state index contributed by atoms with van der Waals surface area (Å²) in [5.74, 6) is -4.11. The molecule has 1 spiro atoms. The molecule has 6 heteroatoms. The highest BCUT2D eigenvalue weighted by molar-refractivity contribution is 5.83. The third-order valence-electron chi connectivity index (χ3n) is 7.24. The second-order valence-corrected chi connectivity index (χ2v) is 8.26. The number of carboxylic acid groups (broad SMARTS) is 2. The van der Waals surface area contributed by atoms with Crippen molar-refractivity contribution in [2.45, 2.75) is 44.3 Å². The second-order valence-electron chi connectivity index (χ2n) is 8.26. The number of carbonyl (C=O) groups is 2. The van der Waals surface area contributed by atoms with Crippen molar-refractivity contribution >= 4 is 11.9 Å². The fraction of sp³-hybridized carbons (Fsp3) is 0.579. The van der Waals surface area contributed by atoms with Crippen molar-refractivity contribution in [1.82, 2.24) is 0 Å². The van der Waals surface area contributed by atoms with Crippen molar-refractivity contribution in [1.29, 1.82) is 0 Å². The maximum atomic E-state index is 12.3. The molecule has 0 unspecified atom stereocenters.